The summed E-state index contributed by atoms with van der Waals surface area (Å²) in [5, 5.41) is 6.25. The molecule has 2 saturated carbocycles. The number of H-pyrrole nitrogens is 1. The SMILES string of the molecule is FC(F)(F)[C@H]1C[C@@H]2C(Oc3ccn[nH]3)[C@H]21. The number of aromatic amines is 1. The standard InChI is InChI=1S/C9H9F3N2O/c10-9(11,12)5-3-4-7(5)8(4)15-6-1-2-13-14-6/h1-2,4-5,7-8H,3H2,(H,13,14)/t4-,5-,7+,8?/m0/s1. The summed E-state index contributed by atoms with van der Waals surface area (Å²) in [4.78, 5) is 0. The van der Waals surface area contributed by atoms with Crippen LogP contribution < -0.4 is 4.74 Å². The predicted molar refractivity (Wildman–Crippen MR) is 44.1 cm³/mol. The van der Waals surface area contributed by atoms with E-state index in [1.807, 2.05) is 0 Å². The van der Waals surface area contributed by atoms with E-state index in [4.69, 9.17) is 4.74 Å². The van der Waals surface area contributed by atoms with Crippen molar-refractivity contribution in [3.8, 4) is 5.88 Å². The Morgan fingerprint density at radius 2 is 2.27 bits per heavy atom. The maximum absolute atomic E-state index is 12.4. The highest BCUT2D eigenvalue weighted by molar-refractivity contribution is 5.18. The molecule has 2 aliphatic rings. The van der Waals surface area contributed by atoms with Gasteiger partial charge in [0.2, 0.25) is 5.88 Å². The van der Waals surface area contributed by atoms with Crippen molar-refractivity contribution in [1.29, 1.82) is 0 Å². The van der Waals surface area contributed by atoms with Crippen LogP contribution >= 0.6 is 0 Å². The van der Waals surface area contributed by atoms with Crippen molar-refractivity contribution in [2.75, 3.05) is 0 Å². The number of aromatic nitrogens is 2. The van der Waals surface area contributed by atoms with Gasteiger partial charge in [-0.3, -0.25) is 0 Å². The highest BCUT2D eigenvalue weighted by Gasteiger charge is 2.72. The lowest BCUT2D eigenvalue weighted by atomic mass is 9.85. The molecule has 0 radical (unpaired) electrons. The first-order valence-corrected chi connectivity index (χ1v) is 4.80. The molecule has 2 fully saturated rings. The molecule has 3 rings (SSSR count). The largest absolute Gasteiger partial charge is 0.474 e. The van der Waals surface area contributed by atoms with Crippen molar-refractivity contribution in [1.82, 2.24) is 10.2 Å². The van der Waals surface area contributed by atoms with Crippen molar-refractivity contribution in [2.24, 2.45) is 17.8 Å². The molecule has 1 aromatic rings. The number of halogens is 3. The monoisotopic (exact) mass is 218 g/mol. The summed E-state index contributed by atoms with van der Waals surface area (Å²) in [5.74, 6) is -0.932. The third-order valence-electron chi connectivity index (χ3n) is 3.30. The quantitative estimate of drug-likeness (QED) is 0.824. The molecule has 0 aliphatic heterocycles. The number of nitrogens with zero attached hydrogens (tertiary/aromatic N) is 1. The van der Waals surface area contributed by atoms with Gasteiger partial charge in [-0.1, -0.05) is 0 Å². The molecule has 0 amide bonds. The Bertz CT molecular complexity index is 362. The lowest BCUT2D eigenvalue weighted by Crippen LogP contribution is -2.31. The van der Waals surface area contributed by atoms with Gasteiger partial charge in [0.05, 0.1) is 12.1 Å². The average molecular weight is 218 g/mol. The molecular weight excluding hydrogens is 209 g/mol. The van der Waals surface area contributed by atoms with Gasteiger partial charge in [0.15, 0.2) is 0 Å². The molecule has 2 aliphatic carbocycles. The second-order valence-corrected chi connectivity index (χ2v) is 4.13. The Balaban J connectivity index is 1.61. The van der Waals surface area contributed by atoms with Crippen LogP contribution in [0.1, 0.15) is 6.42 Å². The minimum Gasteiger partial charge on any atom is -0.474 e. The Hall–Kier alpha value is -1.20. The van der Waals surface area contributed by atoms with Gasteiger partial charge < -0.3 is 4.74 Å². The Morgan fingerprint density at radius 3 is 2.80 bits per heavy atom. The van der Waals surface area contributed by atoms with Crippen molar-refractivity contribution >= 4 is 0 Å². The van der Waals surface area contributed by atoms with Crippen LogP contribution in [0.3, 0.4) is 0 Å². The highest BCUT2D eigenvalue weighted by Crippen LogP contribution is 2.65. The van der Waals surface area contributed by atoms with Crippen molar-refractivity contribution < 1.29 is 17.9 Å². The predicted octanol–water partition coefficient (Wildman–Crippen LogP) is 1.99. The maximum atomic E-state index is 12.4. The molecule has 0 saturated heterocycles. The molecule has 0 spiro atoms. The van der Waals surface area contributed by atoms with E-state index in [1.54, 1.807) is 6.07 Å². The summed E-state index contributed by atoms with van der Waals surface area (Å²) in [5.41, 5.74) is 0. The zero-order valence-electron chi connectivity index (χ0n) is 7.66. The molecule has 1 heterocycles. The second-order valence-electron chi connectivity index (χ2n) is 4.13. The molecule has 82 valence electrons. The maximum Gasteiger partial charge on any atom is 0.392 e. The summed E-state index contributed by atoms with van der Waals surface area (Å²) in [6.07, 6.45) is -2.60. The van der Waals surface area contributed by atoms with Gasteiger partial charge in [-0.25, -0.2) is 5.10 Å². The van der Waals surface area contributed by atoms with Crippen LogP contribution in [0.15, 0.2) is 12.3 Å². The fourth-order valence-electron chi connectivity index (χ4n) is 2.41. The summed E-state index contributed by atoms with van der Waals surface area (Å²) in [6.45, 7) is 0. The van der Waals surface area contributed by atoms with Crippen LogP contribution in [-0.4, -0.2) is 22.5 Å². The summed E-state index contributed by atoms with van der Waals surface area (Å²) >= 11 is 0. The molecule has 1 unspecified atom stereocenters. The Kier molecular flexibility index (Phi) is 1.62. The molecule has 4 atom stereocenters. The fraction of sp³-hybridized carbons (Fsp3) is 0.667. The number of fused-ring (bicyclic) bond motifs is 1. The minimum atomic E-state index is -4.06. The van der Waals surface area contributed by atoms with Crippen LogP contribution in [0.5, 0.6) is 5.88 Å². The van der Waals surface area contributed by atoms with Crippen LogP contribution in [0.4, 0.5) is 13.2 Å². The van der Waals surface area contributed by atoms with Gasteiger partial charge in [-0.05, 0) is 6.42 Å². The van der Waals surface area contributed by atoms with Gasteiger partial charge in [-0.15, -0.1) is 0 Å². The number of alkyl halides is 3. The number of ether oxygens (including phenoxy) is 1. The molecule has 0 aromatic carbocycles. The van der Waals surface area contributed by atoms with Gasteiger partial charge in [0.1, 0.15) is 6.10 Å². The molecule has 1 N–H and O–H groups in total. The minimum absolute atomic E-state index is 0.0972. The van der Waals surface area contributed by atoms with E-state index in [-0.39, 0.29) is 24.4 Å². The van der Waals surface area contributed by atoms with Crippen LogP contribution in [0, 0.1) is 17.8 Å². The second kappa shape index (κ2) is 2.68. The van der Waals surface area contributed by atoms with E-state index in [1.165, 1.54) is 6.20 Å². The normalized spacial score (nSPS) is 38.1. The lowest BCUT2D eigenvalue weighted by molar-refractivity contribution is -0.198. The van der Waals surface area contributed by atoms with E-state index in [0.717, 1.165) is 0 Å². The third-order valence-corrected chi connectivity index (χ3v) is 3.30. The summed E-state index contributed by atoms with van der Waals surface area (Å²) in [7, 11) is 0. The summed E-state index contributed by atoms with van der Waals surface area (Å²) in [6, 6.07) is 1.61. The van der Waals surface area contributed by atoms with E-state index in [2.05, 4.69) is 10.2 Å². The number of hydrogen-bond acceptors (Lipinski definition) is 2. The van der Waals surface area contributed by atoms with Gasteiger partial charge in [0.25, 0.3) is 0 Å². The van der Waals surface area contributed by atoms with Gasteiger partial charge >= 0.3 is 6.18 Å². The van der Waals surface area contributed by atoms with Crippen LogP contribution in [0.25, 0.3) is 0 Å². The zero-order chi connectivity index (χ0) is 10.6. The zero-order valence-corrected chi connectivity index (χ0v) is 7.66. The number of rotatable bonds is 2. The third kappa shape index (κ3) is 1.31. The molecule has 15 heavy (non-hydrogen) atoms. The van der Waals surface area contributed by atoms with Crippen molar-refractivity contribution in [3.05, 3.63) is 12.3 Å². The molecule has 6 heteroatoms. The first kappa shape index (κ1) is 9.06. The number of hydrogen-bond donors (Lipinski definition) is 1. The Labute approximate surface area is 83.6 Å². The van der Waals surface area contributed by atoms with E-state index < -0.39 is 12.1 Å². The van der Waals surface area contributed by atoms with Gasteiger partial charge in [-0.2, -0.15) is 18.3 Å². The van der Waals surface area contributed by atoms with E-state index in [9.17, 15) is 13.2 Å². The topological polar surface area (TPSA) is 37.9 Å². The van der Waals surface area contributed by atoms with E-state index in [0.29, 0.717) is 5.88 Å². The number of nitrogens with one attached hydrogen (secondary N) is 1. The smallest absolute Gasteiger partial charge is 0.392 e. The Morgan fingerprint density at radius 1 is 1.47 bits per heavy atom. The van der Waals surface area contributed by atoms with E-state index >= 15 is 0 Å². The van der Waals surface area contributed by atoms with Gasteiger partial charge in [0, 0.05) is 17.9 Å². The summed E-state index contributed by atoms with van der Waals surface area (Å²) < 4.78 is 42.4. The first-order valence-electron chi connectivity index (χ1n) is 4.80. The highest BCUT2D eigenvalue weighted by atomic mass is 19.4. The average Bonchev–Trinajstić information content (AvgIpc) is 2.44. The first-order chi connectivity index (χ1) is 7.07. The molecular formula is C9H9F3N2O. The van der Waals surface area contributed by atoms with Crippen molar-refractivity contribution in [2.45, 2.75) is 18.7 Å². The lowest BCUT2D eigenvalue weighted by Gasteiger charge is -2.25. The molecule has 0 bridgehead atoms. The van der Waals surface area contributed by atoms with Crippen LogP contribution in [-0.2, 0) is 0 Å². The molecule has 3 nitrogen and oxygen atoms in total. The molecule has 1 aromatic heterocycles. The van der Waals surface area contributed by atoms with Crippen LogP contribution in [0.2, 0.25) is 0 Å². The fourth-order valence-corrected chi connectivity index (χ4v) is 2.41. The van der Waals surface area contributed by atoms with Crippen molar-refractivity contribution in [3.63, 3.8) is 0 Å².